The van der Waals surface area contributed by atoms with Crippen molar-refractivity contribution in [3.63, 3.8) is 0 Å². The first-order valence-electron chi connectivity index (χ1n) is 3.36. The van der Waals surface area contributed by atoms with Gasteiger partial charge in [0, 0.05) is 0 Å². The highest BCUT2D eigenvalue weighted by Crippen LogP contribution is 2.17. The second-order valence-corrected chi connectivity index (χ2v) is 2.94. The predicted molar refractivity (Wildman–Crippen MR) is 47.2 cm³/mol. The summed E-state index contributed by atoms with van der Waals surface area (Å²) in [7, 11) is 1.61. The number of fused-ring (bicyclic) bond motifs is 1. The van der Waals surface area contributed by atoms with Gasteiger partial charge in [-0.15, -0.1) is 10.2 Å². The van der Waals surface area contributed by atoms with Crippen LogP contribution < -0.4 is 4.74 Å². The SMILES string of the molecule is COc1cccc2nnc(Br)n12. The number of methoxy groups -OCH3 is 1. The lowest BCUT2D eigenvalue weighted by molar-refractivity contribution is 0.391. The molecule has 0 aliphatic heterocycles. The van der Waals surface area contributed by atoms with Crippen molar-refractivity contribution in [3.8, 4) is 5.88 Å². The fourth-order valence-corrected chi connectivity index (χ4v) is 1.47. The highest BCUT2D eigenvalue weighted by Gasteiger charge is 2.05. The minimum atomic E-state index is 0.648. The molecule has 0 aliphatic carbocycles. The Balaban J connectivity index is 2.84. The lowest BCUT2D eigenvalue weighted by Crippen LogP contribution is -1.93. The molecule has 0 unspecified atom stereocenters. The molecular weight excluding hydrogens is 222 g/mol. The molecule has 2 heterocycles. The van der Waals surface area contributed by atoms with Gasteiger partial charge >= 0.3 is 0 Å². The summed E-state index contributed by atoms with van der Waals surface area (Å²) >= 11 is 3.27. The summed E-state index contributed by atoms with van der Waals surface area (Å²) in [6, 6.07) is 5.58. The molecule has 0 atom stereocenters. The van der Waals surface area contributed by atoms with Crippen molar-refractivity contribution in [2.45, 2.75) is 0 Å². The molecule has 62 valence electrons. The predicted octanol–water partition coefficient (Wildman–Crippen LogP) is 1.50. The zero-order valence-corrected chi connectivity index (χ0v) is 7.95. The largest absolute Gasteiger partial charge is 0.482 e. The first kappa shape index (κ1) is 7.54. The van der Waals surface area contributed by atoms with Crippen LogP contribution in [0.1, 0.15) is 0 Å². The molecular formula is C7H6BrN3O. The van der Waals surface area contributed by atoms with E-state index in [1.54, 1.807) is 11.5 Å². The fraction of sp³-hybridized carbons (Fsp3) is 0.143. The topological polar surface area (TPSA) is 39.4 Å². The Kier molecular flexibility index (Phi) is 1.73. The number of ether oxygens (including phenoxy) is 1. The Morgan fingerprint density at radius 1 is 1.42 bits per heavy atom. The fourth-order valence-electron chi connectivity index (χ4n) is 1.04. The van der Waals surface area contributed by atoms with Crippen LogP contribution in [-0.2, 0) is 0 Å². The standard InChI is InChI=1S/C7H6BrN3O/c1-12-6-4-2-3-5-9-10-7(8)11(5)6/h2-4H,1H3. The van der Waals surface area contributed by atoms with Gasteiger partial charge in [0.25, 0.3) is 0 Å². The average Bonchev–Trinajstić information content (AvgIpc) is 2.48. The Morgan fingerprint density at radius 2 is 2.25 bits per heavy atom. The first-order valence-corrected chi connectivity index (χ1v) is 4.16. The molecule has 0 spiro atoms. The minimum Gasteiger partial charge on any atom is -0.482 e. The average molecular weight is 228 g/mol. The van der Waals surface area contributed by atoms with Crippen molar-refractivity contribution in [2.24, 2.45) is 0 Å². The van der Waals surface area contributed by atoms with Crippen LogP contribution in [0.25, 0.3) is 5.65 Å². The molecule has 5 heteroatoms. The molecule has 12 heavy (non-hydrogen) atoms. The molecule has 0 bridgehead atoms. The van der Waals surface area contributed by atoms with Gasteiger partial charge in [-0.3, -0.25) is 0 Å². The number of halogens is 1. The minimum absolute atomic E-state index is 0.648. The van der Waals surface area contributed by atoms with Crippen LogP contribution in [0.4, 0.5) is 0 Å². The lowest BCUT2D eigenvalue weighted by Gasteiger charge is -2.01. The molecule has 2 rings (SSSR count). The van der Waals surface area contributed by atoms with Crippen molar-refractivity contribution in [2.75, 3.05) is 7.11 Å². The van der Waals surface area contributed by atoms with E-state index in [4.69, 9.17) is 4.74 Å². The van der Waals surface area contributed by atoms with Gasteiger partial charge < -0.3 is 4.74 Å². The maximum atomic E-state index is 5.12. The first-order chi connectivity index (χ1) is 5.83. The van der Waals surface area contributed by atoms with Crippen LogP contribution in [0.5, 0.6) is 5.88 Å². The summed E-state index contributed by atoms with van der Waals surface area (Å²) < 4.78 is 7.55. The molecule has 0 saturated heterocycles. The Bertz CT molecular complexity index is 412. The number of hydrogen-bond acceptors (Lipinski definition) is 3. The van der Waals surface area contributed by atoms with Gasteiger partial charge in [0.2, 0.25) is 10.6 Å². The number of aromatic nitrogens is 3. The molecule has 0 N–H and O–H groups in total. The maximum Gasteiger partial charge on any atom is 0.207 e. The molecule has 0 fully saturated rings. The van der Waals surface area contributed by atoms with Gasteiger partial charge in [-0.25, -0.2) is 4.40 Å². The third-order valence-corrected chi connectivity index (χ3v) is 2.08. The molecule has 0 saturated carbocycles. The molecule has 0 aliphatic rings. The molecule has 4 nitrogen and oxygen atoms in total. The van der Waals surface area contributed by atoms with Crippen molar-refractivity contribution in [3.05, 3.63) is 22.9 Å². The number of nitrogens with zero attached hydrogens (tertiary/aromatic N) is 3. The summed E-state index contributed by atoms with van der Waals surface area (Å²) in [5.74, 6) is 0.712. The van der Waals surface area contributed by atoms with E-state index >= 15 is 0 Å². The lowest BCUT2D eigenvalue weighted by atomic mass is 10.4. The quantitative estimate of drug-likeness (QED) is 0.742. The van der Waals surface area contributed by atoms with Crippen molar-refractivity contribution in [1.82, 2.24) is 14.6 Å². The third kappa shape index (κ3) is 0.972. The monoisotopic (exact) mass is 227 g/mol. The Labute approximate surface area is 77.3 Å². The van der Waals surface area contributed by atoms with Crippen LogP contribution in [0.3, 0.4) is 0 Å². The van der Waals surface area contributed by atoms with Crippen LogP contribution in [0.15, 0.2) is 22.9 Å². The van der Waals surface area contributed by atoms with Crippen LogP contribution in [0.2, 0.25) is 0 Å². The van der Waals surface area contributed by atoms with E-state index in [0.29, 0.717) is 10.6 Å². The highest BCUT2D eigenvalue weighted by molar-refractivity contribution is 9.10. The van der Waals surface area contributed by atoms with Crippen LogP contribution >= 0.6 is 15.9 Å². The van der Waals surface area contributed by atoms with Crippen LogP contribution in [-0.4, -0.2) is 21.7 Å². The van der Waals surface area contributed by atoms with E-state index in [0.717, 1.165) is 5.65 Å². The Morgan fingerprint density at radius 3 is 3.00 bits per heavy atom. The smallest absolute Gasteiger partial charge is 0.207 e. The summed E-state index contributed by atoms with van der Waals surface area (Å²) in [6.45, 7) is 0. The maximum absolute atomic E-state index is 5.12. The van der Waals surface area contributed by atoms with Gasteiger partial charge in [0.1, 0.15) is 0 Å². The zero-order chi connectivity index (χ0) is 8.55. The Hall–Kier alpha value is -1.10. The summed E-state index contributed by atoms with van der Waals surface area (Å²) in [5, 5.41) is 7.77. The van der Waals surface area contributed by atoms with E-state index < -0.39 is 0 Å². The molecule has 0 amide bonds. The normalized spacial score (nSPS) is 10.5. The molecule has 2 aromatic rings. The van der Waals surface area contributed by atoms with Gasteiger partial charge in [-0.2, -0.15) is 0 Å². The number of rotatable bonds is 1. The highest BCUT2D eigenvalue weighted by atomic mass is 79.9. The summed E-state index contributed by atoms with van der Waals surface area (Å²) in [4.78, 5) is 0. The zero-order valence-electron chi connectivity index (χ0n) is 6.36. The third-order valence-electron chi connectivity index (χ3n) is 1.56. The summed E-state index contributed by atoms with van der Waals surface area (Å²) in [6.07, 6.45) is 0. The molecule has 2 aromatic heterocycles. The second-order valence-electron chi connectivity index (χ2n) is 2.23. The van der Waals surface area contributed by atoms with Gasteiger partial charge in [0.05, 0.1) is 7.11 Å². The van der Waals surface area contributed by atoms with E-state index in [9.17, 15) is 0 Å². The van der Waals surface area contributed by atoms with Crippen LogP contribution in [0, 0.1) is 0 Å². The second kappa shape index (κ2) is 2.75. The van der Waals surface area contributed by atoms with Crippen molar-refractivity contribution >= 4 is 21.6 Å². The van der Waals surface area contributed by atoms with E-state index in [2.05, 4.69) is 26.1 Å². The van der Waals surface area contributed by atoms with Crippen molar-refractivity contribution < 1.29 is 4.74 Å². The number of pyridine rings is 1. The van der Waals surface area contributed by atoms with E-state index in [1.165, 1.54) is 0 Å². The van der Waals surface area contributed by atoms with Gasteiger partial charge in [0.15, 0.2) is 5.65 Å². The molecule has 0 radical (unpaired) electrons. The van der Waals surface area contributed by atoms with Gasteiger partial charge in [-0.05, 0) is 28.1 Å². The van der Waals surface area contributed by atoms with Gasteiger partial charge in [-0.1, -0.05) is 6.07 Å². The summed E-state index contributed by atoms with van der Waals surface area (Å²) in [5.41, 5.74) is 0.765. The number of hydrogen-bond donors (Lipinski definition) is 0. The van der Waals surface area contributed by atoms with E-state index in [1.807, 2.05) is 18.2 Å². The molecule has 0 aromatic carbocycles. The van der Waals surface area contributed by atoms with Crippen molar-refractivity contribution in [1.29, 1.82) is 0 Å². The van der Waals surface area contributed by atoms with E-state index in [-0.39, 0.29) is 0 Å².